The number of fused-ring (bicyclic) bond motifs is 1. The highest BCUT2D eigenvalue weighted by Crippen LogP contribution is 2.38. The van der Waals surface area contributed by atoms with E-state index in [1.807, 2.05) is 0 Å². The molecule has 0 amide bonds. The van der Waals surface area contributed by atoms with E-state index in [1.165, 1.54) is 0 Å². The molecule has 2 fully saturated rings. The van der Waals surface area contributed by atoms with Crippen LogP contribution in [0.25, 0.3) is 0 Å². The highest BCUT2D eigenvalue weighted by atomic mass is 32.3. The maximum absolute atomic E-state index is 12.1. The first kappa shape index (κ1) is 16.5. The Bertz CT molecular complexity index is 641. The van der Waals surface area contributed by atoms with Crippen LogP contribution in [0.5, 0.6) is 0 Å². The fraction of sp³-hybridized carbons (Fsp3) is 0.875. The lowest BCUT2D eigenvalue weighted by atomic mass is 10.0. The van der Waals surface area contributed by atoms with E-state index >= 15 is 0 Å². The molecule has 0 bridgehead atoms. The monoisotopic (exact) mass is 353 g/mol. The Morgan fingerprint density at radius 2 is 1.81 bits per heavy atom. The Hall–Kier alpha value is -0.920. The summed E-state index contributed by atoms with van der Waals surface area (Å²) >= 11 is 0. The predicted octanol–water partition coefficient (Wildman–Crippen LogP) is -0.219. The first-order chi connectivity index (χ1) is 9.43. The van der Waals surface area contributed by atoms with E-state index in [0.29, 0.717) is 23.4 Å². The minimum absolute atomic E-state index is 0.389. The lowest BCUT2D eigenvalue weighted by molar-refractivity contribution is -0.146. The number of rotatable bonds is 4. The minimum Gasteiger partial charge on any atom is -0.460 e. The fourth-order valence-corrected chi connectivity index (χ4v) is 4.39. The molecule has 1 N–H and O–H groups in total. The van der Waals surface area contributed by atoms with Gasteiger partial charge in [0.2, 0.25) is 0 Å². The molecule has 1 saturated heterocycles. The molecule has 0 radical (unpaired) electrons. The van der Waals surface area contributed by atoms with Gasteiger partial charge in [-0.05, 0) is 19.3 Å². The van der Waals surface area contributed by atoms with Gasteiger partial charge >= 0.3 is 31.8 Å². The number of esters is 1. The number of sulfonamides is 1. The minimum atomic E-state index is -6.15. The molecule has 13 heteroatoms. The van der Waals surface area contributed by atoms with Crippen LogP contribution in [0.1, 0.15) is 19.3 Å². The summed E-state index contributed by atoms with van der Waals surface area (Å²) in [5.41, 5.74) is -5.82. The van der Waals surface area contributed by atoms with Crippen molar-refractivity contribution in [1.29, 1.82) is 0 Å². The van der Waals surface area contributed by atoms with Crippen molar-refractivity contribution in [1.82, 2.24) is 4.13 Å². The average molecular weight is 353 g/mol. The molecule has 1 aliphatic heterocycles. The summed E-state index contributed by atoms with van der Waals surface area (Å²) in [4.78, 5) is 11.4. The van der Waals surface area contributed by atoms with E-state index in [1.54, 1.807) is 0 Å². The Morgan fingerprint density at radius 3 is 2.38 bits per heavy atom. The van der Waals surface area contributed by atoms with E-state index in [4.69, 9.17) is 4.74 Å². The number of alkyl halides is 3. The molecular formula is C8H10F3NO7S2. The van der Waals surface area contributed by atoms with Crippen LogP contribution in [0.15, 0.2) is 0 Å². The molecule has 1 saturated carbocycles. The number of hydrogen-bond acceptors (Lipinski definition) is 7. The molecule has 0 aromatic heterocycles. The van der Waals surface area contributed by atoms with Crippen LogP contribution in [0.4, 0.5) is 13.2 Å². The van der Waals surface area contributed by atoms with E-state index < -0.39 is 49.9 Å². The van der Waals surface area contributed by atoms with Crippen LogP contribution in [0, 0.1) is 5.92 Å². The second-order valence-corrected chi connectivity index (χ2v) is 7.81. The van der Waals surface area contributed by atoms with Gasteiger partial charge in [-0.2, -0.15) is 21.6 Å². The molecule has 0 aromatic rings. The van der Waals surface area contributed by atoms with Crippen molar-refractivity contribution in [2.24, 2.45) is 5.92 Å². The van der Waals surface area contributed by atoms with Crippen molar-refractivity contribution >= 4 is 26.3 Å². The van der Waals surface area contributed by atoms with Crippen LogP contribution in [-0.2, 0) is 34.0 Å². The third kappa shape index (κ3) is 3.30. The summed E-state index contributed by atoms with van der Waals surface area (Å²) in [6.45, 7) is 0. The summed E-state index contributed by atoms with van der Waals surface area (Å²) < 4.78 is 90.0. The zero-order valence-corrected chi connectivity index (χ0v) is 11.8. The van der Waals surface area contributed by atoms with Gasteiger partial charge in [-0.15, -0.1) is 0 Å². The summed E-state index contributed by atoms with van der Waals surface area (Å²) in [5, 5.41) is 0. The molecule has 1 aliphatic carbocycles. The highest BCUT2D eigenvalue weighted by Gasteiger charge is 2.52. The van der Waals surface area contributed by atoms with Crippen LogP contribution >= 0.6 is 0 Å². The van der Waals surface area contributed by atoms with Gasteiger partial charge in [0.05, 0.1) is 0 Å². The lowest BCUT2D eigenvalue weighted by Crippen LogP contribution is -2.43. The van der Waals surface area contributed by atoms with Crippen molar-refractivity contribution in [2.75, 3.05) is 0 Å². The number of ether oxygens (including phenoxy) is 1. The normalized spacial score (nSPS) is 30.2. The molecule has 8 nitrogen and oxygen atoms in total. The number of nitrogens with one attached hydrogen (secondary N) is 1. The van der Waals surface area contributed by atoms with Crippen molar-refractivity contribution in [3.05, 3.63) is 0 Å². The molecule has 3 atom stereocenters. The topological polar surface area (TPSA) is 116 Å². The van der Waals surface area contributed by atoms with Crippen molar-refractivity contribution in [3.63, 3.8) is 0 Å². The molecular weight excluding hydrogens is 343 g/mol. The standard InChI is InChI=1S/C8H10F3NO7S2/c9-8(10,11)20(14,15)12-21(16,17)19-6-4-2-1-3-5(4)18-7(6)13/h4-6,12H,1-3H2. The number of carbonyl (C=O) groups is 1. The molecule has 122 valence electrons. The highest BCUT2D eigenvalue weighted by molar-refractivity contribution is 8.03. The number of carbonyl (C=O) groups excluding carboxylic acids is 1. The van der Waals surface area contributed by atoms with Crippen LogP contribution < -0.4 is 4.13 Å². The van der Waals surface area contributed by atoms with Crippen LogP contribution in [0.3, 0.4) is 0 Å². The zero-order chi connectivity index (χ0) is 16.1. The first-order valence-corrected chi connectivity index (χ1v) is 8.56. The van der Waals surface area contributed by atoms with Crippen LogP contribution in [0.2, 0.25) is 0 Å². The largest absolute Gasteiger partial charge is 0.512 e. The van der Waals surface area contributed by atoms with E-state index in [9.17, 15) is 34.8 Å². The van der Waals surface area contributed by atoms with Gasteiger partial charge in [0.1, 0.15) is 6.10 Å². The quantitative estimate of drug-likeness (QED) is 0.695. The summed E-state index contributed by atoms with van der Waals surface area (Å²) in [5.74, 6) is -1.66. The van der Waals surface area contributed by atoms with E-state index in [0.717, 1.165) is 0 Å². The summed E-state index contributed by atoms with van der Waals surface area (Å²) in [6.07, 6.45) is -0.681. The molecule has 3 unspecified atom stereocenters. The third-order valence-corrected chi connectivity index (χ3v) is 5.90. The van der Waals surface area contributed by atoms with Gasteiger partial charge in [-0.3, -0.25) is 0 Å². The Morgan fingerprint density at radius 1 is 1.19 bits per heavy atom. The molecule has 1 heterocycles. The predicted molar refractivity (Wildman–Crippen MR) is 59.1 cm³/mol. The SMILES string of the molecule is O=C1OC2CCCC2C1OS(=O)(=O)NS(=O)(=O)C(F)(F)F. The lowest BCUT2D eigenvalue weighted by Gasteiger charge is -2.15. The third-order valence-electron chi connectivity index (χ3n) is 3.14. The first-order valence-electron chi connectivity index (χ1n) is 5.66. The van der Waals surface area contributed by atoms with Gasteiger partial charge in [0.15, 0.2) is 6.10 Å². The Balaban J connectivity index is 2.13. The molecule has 2 aliphatic rings. The van der Waals surface area contributed by atoms with E-state index in [2.05, 4.69) is 4.18 Å². The van der Waals surface area contributed by atoms with Crippen molar-refractivity contribution < 1.29 is 43.7 Å². The van der Waals surface area contributed by atoms with Gasteiger partial charge in [0.25, 0.3) is 0 Å². The molecule has 21 heavy (non-hydrogen) atoms. The second kappa shape index (κ2) is 5.07. The zero-order valence-electron chi connectivity index (χ0n) is 10.2. The van der Waals surface area contributed by atoms with Crippen LogP contribution in [-0.4, -0.2) is 40.5 Å². The molecule has 2 rings (SSSR count). The maximum Gasteiger partial charge on any atom is 0.512 e. The molecule has 0 spiro atoms. The Kier molecular flexibility index (Phi) is 3.97. The smallest absolute Gasteiger partial charge is 0.460 e. The Labute approximate surface area is 117 Å². The van der Waals surface area contributed by atoms with Gasteiger partial charge in [-0.25, -0.2) is 17.4 Å². The summed E-state index contributed by atoms with van der Waals surface area (Å²) in [7, 11) is -11.5. The maximum atomic E-state index is 12.1. The number of halogens is 3. The van der Waals surface area contributed by atoms with Crippen molar-refractivity contribution in [2.45, 2.75) is 37.0 Å². The average Bonchev–Trinajstić information content (AvgIpc) is 2.79. The van der Waals surface area contributed by atoms with Gasteiger partial charge in [0, 0.05) is 5.92 Å². The van der Waals surface area contributed by atoms with E-state index in [-0.39, 0.29) is 0 Å². The fourth-order valence-electron chi connectivity index (χ4n) is 2.29. The second-order valence-electron chi connectivity index (χ2n) is 4.57. The van der Waals surface area contributed by atoms with Crippen molar-refractivity contribution in [3.8, 4) is 0 Å². The summed E-state index contributed by atoms with van der Waals surface area (Å²) in [6, 6.07) is 0. The van der Waals surface area contributed by atoms with Gasteiger partial charge < -0.3 is 4.74 Å². The van der Waals surface area contributed by atoms with Gasteiger partial charge in [-0.1, -0.05) is 4.13 Å². The number of hydrogen-bond donors (Lipinski definition) is 1. The molecule has 0 aromatic carbocycles.